The van der Waals surface area contributed by atoms with Crippen LogP contribution in [0.15, 0.2) is 36.9 Å². The van der Waals surface area contributed by atoms with E-state index < -0.39 is 0 Å². The quantitative estimate of drug-likeness (QED) is 0.493. The molecule has 0 bridgehead atoms. The number of likely N-dealkylation sites (tertiary alicyclic amines) is 1. The van der Waals surface area contributed by atoms with E-state index in [0.29, 0.717) is 11.8 Å². The zero-order valence-corrected chi connectivity index (χ0v) is 19.3. The van der Waals surface area contributed by atoms with Crippen molar-refractivity contribution in [3.8, 4) is 22.5 Å². The summed E-state index contributed by atoms with van der Waals surface area (Å²) in [6.45, 7) is 12.2. The number of hydrogen-bond acceptors (Lipinski definition) is 5. The maximum Gasteiger partial charge on any atom is 0.158 e. The molecule has 1 aliphatic heterocycles. The molecule has 5 heterocycles. The van der Waals surface area contributed by atoms with Crippen LogP contribution >= 0.6 is 0 Å². The molecule has 4 aromatic rings. The van der Waals surface area contributed by atoms with Crippen molar-refractivity contribution in [1.29, 1.82) is 0 Å². The molecule has 166 valence electrons. The summed E-state index contributed by atoms with van der Waals surface area (Å²) >= 11 is 0. The number of fused-ring (bicyclic) bond motifs is 1. The van der Waals surface area contributed by atoms with E-state index in [4.69, 9.17) is 10.1 Å². The van der Waals surface area contributed by atoms with Crippen LogP contribution in [0.25, 0.3) is 28.2 Å². The maximum atomic E-state index is 4.87. The molecule has 5 rings (SSSR count). The van der Waals surface area contributed by atoms with Crippen LogP contribution in [0.1, 0.15) is 62.3 Å². The Morgan fingerprint density at radius 3 is 2.62 bits per heavy atom. The molecule has 0 amide bonds. The lowest BCUT2D eigenvalue weighted by atomic mass is 9.91. The minimum absolute atomic E-state index is 0.309. The van der Waals surface area contributed by atoms with Crippen LogP contribution in [0.4, 0.5) is 0 Å². The Hall–Kier alpha value is -3.06. The molecule has 0 spiro atoms. The van der Waals surface area contributed by atoms with Gasteiger partial charge in [-0.05, 0) is 69.1 Å². The number of aromatic amines is 1. The van der Waals surface area contributed by atoms with Gasteiger partial charge in [0.15, 0.2) is 5.65 Å². The van der Waals surface area contributed by atoms with Gasteiger partial charge in [-0.3, -0.25) is 10.1 Å². The molecule has 0 aromatic carbocycles. The van der Waals surface area contributed by atoms with Gasteiger partial charge in [0, 0.05) is 40.7 Å². The number of H-pyrrole nitrogens is 1. The number of aromatic nitrogens is 6. The van der Waals surface area contributed by atoms with Crippen LogP contribution in [0.3, 0.4) is 0 Å². The number of hydrogen-bond donors (Lipinski definition) is 1. The maximum absolute atomic E-state index is 4.87. The van der Waals surface area contributed by atoms with Crippen LogP contribution in [0.5, 0.6) is 0 Å². The number of nitrogens with one attached hydrogen (secondary N) is 1. The second kappa shape index (κ2) is 8.47. The normalized spacial score (nSPS) is 15.8. The highest BCUT2D eigenvalue weighted by Gasteiger charge is 2.23. The summed E-state index contributed by atoms with van der Waals surface area (Å²) in [5, 5.41) is 12.4. The topological polar surface area (TPSA) is 75.0 Å². The van der Waals surface area contributed by atoms with Crippen molar-refractivity contribution in [2.75, 3.05) is 19.6 Å². The molecule has 4 aromatic heterocycles. The van der Waals surface area contributed by atoms with Gasteiger partial charge < -0.3 is 4.90 Å². The highest BCUT2D eigenvalue weighted by Crippen LogP contribution is 2.36. The third kappa shape index (κ3) is 3.71. The Morgan fingerprint density at radius 2 is 1.94 bits per heavy atom. The average Bonchev–Trinajstić information content (AvgIpc) is 3.47. The summed E-state index contributed by atoms with van der Waals surface area (Å²) < 4.78 is 1.82. The van der Waals surface area contributed by atoms with Gasteiger partial charge in [-0.1, -0.05) is 20.8 Å². The highest BCUT2D eigenvalue weighted by atomic mass is 15.3. The van der Waals surface area contributed by atoms with Gasteiger partial charge in [0.2, 0.25) is 0 Å². The van der Waals surface area contributed by atoms with Crippen molar-refractivity contribution < 1.29 is 0 Å². The Morgan fingerprint density at radius 1 is 1.12 bits per heavy atom. The largest absolute Gasteiger partial charge is 0.304 e. The third-order valence-corrected chi connectivity index (χ3v) is 6.74. The van der Waals surface area contributed by atoms with Crippen molar-refractivity contribution >= 4 is 5.65 Å². The molecular weight excluding hydrogens is 398 g/mol. The molecule has 1 N–H and O–H groups in total. The minimum atomic E-state index is 0.309. The first kappa shape index (κ1) is 20.8. The van der Waals surface area contributed by atoms with E-state index in [1.54, 1.807) is 6.33 Å². The fraction of sp³-hybridized carbons (Fsp3) is 0.440. The van der Waals surface area contributed by atoms with Gasteiger partial charge in [-0.2, -0.15) is 10.2 Å². The van der Waals surface area contributed by atoms with Crippen LogP contribution in [-0.4, -0.2) is 54.3 Å². The van der Waals surface area contributed by atoms with Gasteiger partial charge in [-0.25, -0.2) is 9.50 Å². The smallest absolute Gasteiger partial charge is 0.158 e. The molecule has 7 heteroatoms. The van der Waals surface area contributed by atoms with Crippen LogP contribution in [-0.2, 0) is 0 Å². The monoisotopic (exact) mass is 429 g/mol. The van der Waals surface area contributed by atoms with E-state index in [2.05, 4.69) is 66.0 Å². The van der Waals surface area contributed by atoms with Crippen molar-refractivity contribution in [1.82, 2.24) is 34.7 Å². The van der Waals surface area contributed by atoms with Gasteiger partial charge in [0.05, 0.1) is 11.4 Å². The van der Waals surface area contributed by atoms with E-state index in [-0.39, 0.29) is 0 Å². The first-order chi connectivity index (χ1) is 15.5. The average molecular weight is 430 g/mol. The molecule has 1 aliphatic rings. The SMILES string of the molecule is CCN1CCC(c2ccc(-c3[nH]nc(-c4cc(C)c5ncnn5c4)c3C(C)C)cn2)CC1. The van der Waals surface area contributed by atoms with Gasteiger partial charge >= 0.3 is 0 Å². The lowest BCUT2D eigenvalue weighted by Gasteiger charge is -2.30. The van der Waals surface area contributed by atoms with Crippen molar-refractivity contribution in [2.24, 2.45) is 0 Å². The summed E-state index contributed by atoms with van der Waals surface area (Å²) in [6.07, 6.45) is 7.98. The van der Waals surface area contributed by atoms with E-state index in [1.165, 1.54) is 37.2 Å². The van der Waals surface area contributed by atoms with E-state index >= 15 is 0 Å². The molecule has 7 nitrogen and oxygen atoms in total. The fourth-order valence-corrected chi connectivity index (χ4v) is 4.92. The van der Waals surface area contributed by atoms with Crippen LogP contribution in [0, 0.1) is 6.92 Å². The summed E-state index contributed by atoms with van der Waals surface area (Å²) in [6, 6.07) is 6.54. The predicted octanol–water partition coefficient (Wildman–Crippen LogP) is 4.81. The lowest BCUT2D eigenvalue weighted by molar-refractivity contribution is 0.221. The molecule has 1 saturated heterocycles. The third-order valence-electron chi connectivity index (χ3n) is 6.74. The molecule has 0 atom stereocenters. The Labute approximate surface area is 188 Å². The number of nitrogens with zero attached hydrogens (tertiary/aromatic N) is 6. The van der Waals surface area contributed by atoms with Crippen molar-refractivity contribution in [3.05, 3.63) is 53.7 Å². The van der Waals surface area contributed by atoms with Gasteiger partial charge in [0.1, 0.15) is 6.33 Å². The fourth-order valence-electron chi connectivity index (χ4n) is 4.92. The second-order valence-corrected chi connectivity index (χ2v) is 9.14. The predicted molar refractivity (Wildman–Crippen MR) is 127 cm³/mol. The molecular formula is C25H31N7. The van der Waals surface area contributed by atoms with E-state index in [0.717, 1.165) is 40.3 Å². The van der Waals surface area contributed by atoms with E-state index in [1.807, 2.05) is 16.9 Å². The highest BCUT2D eigenvalue weighted by molar-refractivity contribution is 5.75. The number of pyridine rings is 2. The summed E-state index contributed by atoms with van der Waals surface area (Å²) in [4.78, 5) is 11.7. The molecule has 0 saturated carbocycles. The Bertz CT molecular complexity index is 1210. The molecule has 1 fully saturated rings. The first-order valence-corrected chi connectivity index (χ1v) is 11.6. The summed E-state index contributed by atoms with van der Waals surface area (Å²) in [5.41, 5.74) is 8.51. The molecule has 0 aliphatic carbocycles. The number of piperidine rings is 1. The van der Waals surface area contributed by atoms with Crippen LogP contribution < -0.4 is 0 Å². The molecule has 32 heavy (non-hydrogen) atoms. The van der Waals surface area contributed by atoms with E-state index in [9.17, 15) is 0 Å². The zero-order chi connectivity index (χ0) is 22.2. The van der Waals surface area contributed by atoms with Crippen LogP contribution in [0.2, 0.25) is 0 Å². The van der Waals surface area contributed by atoms with Gasteiger partial charge in [0.25, 0.3) is 0 Å². The second-order valence-electron chi connectivity index (χ2n) is 9.14. The van der Waals surface area contributed by atoms with Crippen molar-refractivity contribution in [3.63, 3.8) is 0 Å². The lowest BCUT2D eigenvalue weighted by Crippen LogP contribution is -2.32. The Balaban J connectivity index is 1.47. The molecule has 0 unspecified atom stereocenters. The summed E-state index contributed by atoms with van der Waals surface area (Å²) in [7, 11) is 0. The van der Waals surface area contributed by atoms with Crippen molar-refractivity contribution in [2.45, 2.75) is 52.4 Å². The summed E-state index contributed by atoms with van der Waals surface area (Å²) in [5.74, 6) is 0.870. The first-order valence-electron chi connectivity index (χ1n) is 11.6. The number of aryl methyl sites for hydroxylation is 1. The molecule has 0 radical (unpaired) electrons. The standard InChI is InChI=1S/C25H31N7/c1-5-31-10-8-18(9-11-31)21-7-6-19(13-26-21)23-22(16(2)3)24(30-29-23)20-12-17(4)25-27-15-28-32(25)14-20/h6-7,12-16,18H,5,8-11H2,1-4H3,(H,29,30). The zero-order valence-electron chi connectivity index (χ0n) is 19.3. The minimum Gasteiger partial charge on any atom is -0.304 e. The van der Waals surface area contributed by atoms with Gasteiger partial charge in [-0.15, -0.1) is 0 Å². The number of rotatable bonds is 5. The Kier molecular flexibility index (Phi) is 5.51.